The Bertz CT molecular complexity index is 623. The third-order valence-corrected chi connectivity index (χ3v) is 4.69. The molecule has 0 spiro atoms. The van der Waals surface area contributed by atoms with Crippen LogP contribution in [0.15, 0.2) is 23.1 Å². The molecule has 0 saturated heterocycles. The molecule has 1 aromatic rings. The molecule has 19 heavy (non-hydrogen) atoms. The summed E-state index contributed by atoms with van der Waals surface area (Å²) in [7, 11) is -4.10. The molecular formula is C10H8F5NO2S. The Balaban J connectivity index is 2.74. The Labute approximate surface area is 105 Å². The van der Waals surface area contributed by atoms with Crippen LogP contribution in [-0.2, 0) is 21.9 Å². The first kappa shape index (κ1) is 14.2. The molecule has 1 unspecified atom stereocenters. The second kappa shape index (κ2) is 3.89. The zero-order valence-corrected chi connectivity index (χ0v) is 10.0. The Morgan fingerprint density at radius 3 is 2.37 bits per heavy atom. The van der Waals surface area contributed by atoms with Crippen molar-refractivity contribution in [3.05, 3.63) is 29.3 Å². The Morgan fingerprint density at radius 1 is 1.26 bits per heavy atom. The largest absolute Gasteiger partial charge is 0.416 e. The van der Waals surface area contributed by atoms with Crippen LogP contribution in [0.4, 0.5) is 22.0 Å². The minimum atomic E-state index is -4.84. The Morgan fingerprint density at radius 2 is 1.84 bits per heavy atom. The zero-order valence-electron chi connectivity index (χ0n) is 9.21. The fourth-order valence-corrected chi connectivity index (χ4v) is 3.54. The predicted molar refractivity (Wildman–Crippen MR) is 55.4 cm³/mol. The molecule has 1 aromatic carbocycles. The standard InChI is InChI=1S/C10H8F5NO2S/c11-9(12)6-3-5(10(13,14)15)1-2-7(6)19(17,18)4-8(9)16/h1-3,8H,4,16H2. The zero-order chi connectivity index (χ0) is 14.6. The summed E-state index contributed by atoms with van der Waals surface area (Å²) in [5.74, 6) is -4.82. The van der Waals surface area contributed by atoms with E-state index in [9.17, 15) is 30.4 Å². The first-order valence-corrected chi connectivity index (χ1v) is 6.69. The summed E-state index contributed by atoms with van der Waals surface area (Å²) in [4.78, 5) is -0.799. The second-order valence-electron chi connectivity index (χ2n) is 4.22. The van der Waals surface area contributed by atoms with E-state index in [0.717, 1.165) is 0 Å². The van der Waals surface area contributed by atoms with Crippen LogP contribution in [0.3, 0.4) is 0 Å². The van der Waals surface area contributed by atoms with Gasteiger partial charge in [-0.15, -0.1) is 0 Å². The minimum absolute atomic E-state index is 0.145. The van der Waals surface area contributed by atoms with Crippen LogP contribution in [0, 0.1) is 0 Å². The number of rotatable bonds is 0. The molecule has 1 aliphatic heterocycles. The van der Waals surface area contributed by atoms with E-state index in [2.05, 4.69) is 0 Å². The van der Waals surface area contributed by atoms with Gasteiger partial charge >= 0.3 is 6.18 Å². The number of alkyl halides is 5. The first-order valence-electron chi connectivity index (χ1n) is 5.04. The molecule has 1 atom stereocenters. The molecule has 2 rings (SSSR count). The molecule has 1 aliphatic rings. The number of hydrogen-bond acceptors (Lipinski definition) is 3. The van der Waals surface area contributed by atoms with E-state index in [4.69, 9.17) is 5.73 Å². The van der Waals surface area contributed by atoms with Crippen molar-refractivity contribution >= 4 is 9.84 Å². The SMILES string of the molecule is NC1CS(=O)(=O)c2ccc(C(F)(F)F)cc2C1(F)F. The van der Waals surface area contributed by atoms with Crippen LogP contribution < -0.4 is 5.73 Å². The lowest BCUT2D eigenvalue weighted by Gasteiger charge is -2.31. The number of nitrogens with two attached hydrogens (primary N) is 1. The lowest BCUT2D eigenvalue weighted by molar-refractivity contribution is -0.138. The molecule has 0 saturated carbocycles. The monoisotopic (exact) mass is 301 g/mol. The van der Waals surface area contributed by atoms with Gasteiger partial charge in [0.2, 0.25) is 0 Å². The Kier molecular flexibility index (Phi) is 2.91. The molecule has 106 valence electrons. The molecule has 0 amide bonds. The lowest BCUT2D eigenvalue weighted by Crippen LogP contribution is -2.48. The molecule has 0 radical (unpaired) electrons. The minimum Gasteiger partial charge on any atom is -0.322 e. The molecular weight excluding hydrogens is 293 g/mol. The van der Waals surface area contributed by atoms with Gasteiger partial charge in [0.05, 0.1) is 22.3 Å². The van der Waals surface area contributed by atoms with Crippen molar-refractivity contribution in [1.82, 2.24) is 0 Å². The smallest absolute Gasteiger partial charge is 0.322 e. The van der Waals surface area contributed by atoms with Crippen LogP contribution in [0.2, 0.25) is 0 Å². The van der Waals surface area contributed by atoms with Crippen molar-refractivity contribution in [2.45, 2.75) is 23.0 Å². The number of hydrogen-bond donors (Lipinski definition) is 1. The normalized spacial score (nSPS) is 24.8. The van der Waals surface area contributed by atoms with E-state index in [1.54, 1.807) is 0 Å². The molecule has 0 bridgehead atoms. The number of fused-ring (bicyclic) bond motifs is 1. The van der Waals surface area contributed by atoms with E-state index in [0.29, 0.717) is 12.1 Å². The quantitative estimate of drug-likeness (QED) is 0.745. The molecule has 0 fully saturated rings. The first-order chi connectivity index (χ1) is 8.46. The third-order valence-electron chi connectivity index (χ3n) is 2.87. The van der Waals surface area contributed by atoms with Crippen molar-refractivity contribution < 1.29 is 30.4 Å². The van der Waals surface area contributed by atoms with Gasteiger partial charge in [-0.05, 0) is 18.2 Å². The maximum Gasteiger partial charge on any atom is 0.416 e. The molecule has 1 heterocycles. The van der Waals surface area contributed by atoms with Gasteiger partial charge in [-0.25, -0.2) is 8.42 Å². The highest BCUT2D eigenvalue weighted by atomic mass is 32.2. The highest BCUT2D eigenvalue weighted by Crippen LogP contribution is 2.43. The van der Waals surface area contributed by atoms with Crippen LogP contribution in [0.25, 0.3) is 0 Å². The molecule has 2 N–H and O–H groups in total. The summed E-state index contributed by atoms with van der Waals surface area (Å²) in [6, 6.07) is -0.906. The van der Waals surface area contributed by atoms with Crippen LogP contribution in [-0.4, -0.2) is 20.2 Å². The van der Waals surface area contributed by atoms with Crippen LogP contribution >= 0.6 is 0 Å². The van der Waals surface area contributed by atoms with E-state index >= 15 is 0 Å². The molecule has 0 aliphatic carbocycles. The van der Waals surface area contributed by atoms with E-state index in [-0.39, 0.29) is 6.07 Å². The number of sulfone groups is 1. The highest BCUT2D eigenvalue weighted by Gasteiger charge is 2.50. The van der Waals surface area contributed by atoms with Gasteiger partial charge in [-0.2, -0.15) is 22.0 Å². The van der Waals surface area contributed by atoms with Gasteiger partial charge in [0.1, 0.15) is 0 Å². The van der Waals surface area contributed by atoms with Gasteiger partial charge < -0.3 is 5.73 Å². The summed E-state index contributed by atoms with van der Waals surface area (Å²) >= 11 is 0. The van der Waals surface area contributed by atoms with Crippen molar-refractivity contribution in [3.63, 3.8) is 0 Å². The third kappa shape index (κ3) is 2.20. The fourth-order valence-electron chi connectivity index (χ4n) is 1.87. The van der Waals surface area contributed by atoms with Crippen molar-refractivity contribution in [2.75, 3.05) is 5.75 Å². The van der Waals surface area contributed by atoms with Gasteiger partial charge in [0, 0.05) is 5.56 Å². The molecule has 0 aromatic heterocycles. The topological polar surface area (TPSA) is 60.2 Å². The highest BCUT2D eigenvalue weighted by molar-refractivity contribution is 7.91. The van der Waals surface area contributed by atoms with E-state index in [1.807, 2.05) is 0 Å². The van der Waals surface area contributed by atoms with E-state index < -0.39 is 49.8 Å². The summed E-state index contributed by atoms with van der Waals surface area (Å²) in [6.07, 6.45) is -4.84. The summed E-state index contributed by atoms with van der Waals surface area (Å²) in [5, 5.41) is 0. The second-order valence-corrected chi connectivity index (χ2v) is 6.22. The van der Waals surface area contributed by atoms with Crippen LogP contribution in [0.5, 0.6) is 0 Å². The fraction of sp³-hybridized carbons (Fsp3) is 0.400. The summed E-state index contributed by atoms with van der Waals surface area (Å²) < 4.78 is 88.2. The summed E-state index contributed by atoms with van der Waals surface area (Å²) in [6.45, 7) is 0. The van der Waals surface area contributed by atoms with Gasteiger partial charge in [0.25, 0.3) is 5.92 Å². The predicted octanol–water partition coefficient (Wildman–Crippen LogP) is 1.91. The van der Waals surface area contributed by atoms with Crippen molar-refractivity contribution in [3.8, 4) is 0 Å². The number of benzene rings is 1. The van der Waals surface area contributed by atoms with Gasteiger partial charge in [-0.3, -0.25) is 0 Å². The lowest BCUT2D eigenvalue weighted by atomic mass is 9.99. The van der Waals surface area contributed by atoms with E-state index in [1.165, 1.54) is 0 Å². The van der Waals surface area contributed by atoms with Crippen molar-refractivity contribution in [2.24, 2.45) is 5.73 Å². The average molecular weight is 301 g/mol. The van der Waals surface area contributed by atoms with Crippen molar-refractivity contribution in [1.29, 1.82) is 0 Å². The maximum absolute atomic E-state index is 13.7. The van der Waals surface area contributed by atoms with Gasteiger partial charge in [-0.1, -0.05) is 0 Å². The summed E-state index contributed by atoms with van der Waals surface area (Å²) in [5.41, 5.74) is 2.52. The molecule has 9 heteroatoms. The molecule has 3 nitrogen and oxygen atoms in total. The van der Waals surface area contributed by atoms with Crippen LogP contribution in [0.1, 0.15) is 11.1 Å². The average Bonchev–Trinajstić information content (AvgIpc) is 2.24. The number of halogens is 5. The Hall–Kier alpha value is -1.22. The maximum atomic E-state index is 13.7. The van der Waals surface area contributed by atoms with Gasteiger partial charge in [0.15, 0.2) is 9.84 Å².